The summed E-state index contributed by atoms with van der Waals surface area (Å²) in [5, 5.41) is 3.46. The van der Waals surface area contributed by atoms with Crippen molar-refractivity contribution in [2.24, 2.45) is 0 Å². The summed E-state index contributed by atoms with van der Waals surface area (Å²) in [5.41, 5.74) is 0.0125. The number of aromatic amines is 1. The van der Waals surface area contributed by atoms with Crippen LogP contribution in [0.25, 0.3) is 0 Å². The molecule has 0 spiro atoms. The Balaban J connectivity index is 1.91. The van der Waals surface area contributed by atoms with Crippen molar-refractivity contribution in [2.45, 2.75) is 13.0 Å². The fourth-order valence-electron chi connectivity index (χ4n) is 1.94. The van der Waals surface area contributed by atoms with Gasteiger partial charge in [-0.2, -0.15) is 0 Å². The van der Waals surface area contributed by atoms with E-state index in [-0.39, 0.29) is 11.6 Å². The Kier molecular flexibility index (Phi) is 6.00. The lowest BCUT2D eigenvalue weighted by molar-refractivity contribution is -0.124. The second kappa shape index (κ2) is 7.99. The van der Waals surface area contributed by atoms with E-state index in [0.29, 0.717) is 10.0 Å². The largest absolute Gasteiger partial charge is 0.452 e. The van der Waals surface area contributed by atoms with E-state index in [0.717, 1.165) is 5.56 Å². The highest BCUT2D eigenvalue weighted by Crippen LogP contribution is 2.25. The fraction of sp³-hybridized carbons (Fsp3) is 0.188. The zero-order chi connectivity index (χ0) is 17.7. The molecule has 1 aromatic heterocycles. The van der Waals surface area contributed by atoms with Crippen LogP contribution in [-0.4, -0.2) is 23.5 Å². The normalized spacial score (nSPS) is 11.6. The maximum atomic E-state index is 11.9. The van der Waals surface area contributed by atoms with Gasteiger partial charge in [-0.1, -0.05) is 29.3 Å². The lowest BCUT2D eigenvalue weighted by Gasteiger charge is -2.15. The van der Waals surface area contributed by atoms with Crippen LogP contribution in [0.15, 0.2) is 41.3 Å². The molecule has 24 heavy (non-hydrogen) atoms. The Hall–Kier alpha value is -2.31. The first-order valence-corrected chi connectivity index (χ1v) is 7.73. The Morgan fingerprint density at radius 3 is 2.67 bits per heavy atom. The third kappa shape index (κ3) is 4.59. The molecule has 1 heterocycles. The Morgan fingerprint density at radius 1 is 1.25 bits per heavy atom. The number of carbonyl (C=O) groups excluding carboxylic acids is 2. The standard InChI is InChI=1S/C16H14Cl2N2O4/c1-9(10-4-5-12(17)13(18)7-10)20-14(21)8-24-16(23)11-3-2-6-19-15(11)22/h2-7,9H,8H2,1H3,(H,19,22)(H,20,21)/t9-/m1/s1. The van der Waals surface area contributed by atoms with Crippen LogP contribution in [0.3, 0.4) is 0 Å². The van der Waals surface area contributed by atoms with Crippen LogP contribution < -0.4 is 10.9 Å². The number of esters is 1. The van der Waals surface area contributed by atoms with E-state index >= 15 is 0 Å². The summed E-state index contributed by atoms with van der Waals surface area (Å²) in [5.74, 6) is -1.37. The van der Waals surface area contributed by atoms with E-state index < -0.39 is 24.0 Å². The van der Waals surface area contributed by atoms with E-state index in [9.17, 15) is 14.4 Å². The molecule has 126 valence electrons. The number of halogens is 2. The first kappa shape index (κ1) is 18.0. The molecule has 1 amide bonds. The van der Waals surface area contributed by atoms with Crippen molar-refractivity contribution in [1.82, 2.24) is 10.3 Å². The lowest BCUT2D eigenvalue weighted by Crippen LogP contribution is -2.31. The number of nitrogens with one attached hydrogen (secondary N) is 2. The minimum Gasteiger partial charge on any atom is -0.452 e. The van der Waals surface area contributed by atoms with Crippen molar-refractivity contribution in [1.29, 1.82) is 0 Å². The molecule has 0 aliphatic heterocycles. The molecule has 0 fully saturated rings. The van der Waals surface area contributed by atoms with Crippen molar-refractivity contribution >= 4 is 35.1 Å². The molecule has 8 heteroatoms. The van der Waals surface area contributed by atoms with Crippen LogP contribution in [0.2, 0.25) is 10.0 Å². The summed E-state index contributed by atoms with van der Waals surface area (Å²) >= 11 is 11.8. The molecule has 6 nitrogen and oxygen atoms in total. The summed E-state index contributed by atoms with van der Waals surface area (Å²) in [6.45, 7) is 1.25. The van der Waals surface area contributed by atoms with Crippen molar-refractivity contribution in [3.63, 3.8) is 0 Å². The fourth-order valence-corrected chi connectivity index (χ4v) is 2.25. The van der Waals surface area contributed by atoms with Gasteiger partial charge in [0, 0.05) is 6.20 Å². The van der Waals surface area contributed by atoms with Crippen LogP contribution >= 0.6 is 23.2 Å². The van der Waals surface area contributed by atoms with Gasteiger partial charge in [0.05, 0.1) is 16.1 Å². The molecular weight excluding hydrogens is 355 g/mol. The summed E-state index contributed by atoms with van der Waals surface area (Å²) in [7, 11) is 0. The first-order chi connectivity index (χ1) is 11.4. The minimum absolute atomic E-state index is 0.164. The van der Waals surface area contributed by atoms with Gasteiger partial charge in [0.1, 0.15) is 5.56 Å². The van der Waals surface area contributed by atoms with Gasteiger partial charge in [-0.25, -0.2) is 4.79 Å². The van der Waals surface area contributed by atoms with Gasteiger partial charge in [0.25, 0.3) is 11.5 Å². The van der Waals surface area contributed by atoms with Crippen molar-refractivity contribution in [3.05, 3.63) is 68.1 Å². The molecule has 2 aromatic rings. The second-order valence-corrected chi connectivity index (χ2v) is 5.77. The molecule has 0 saturated heterocycles. The number of hydrogen-bond donors (Lipinski definition) is 2. The van der Waals surface area contributed by atoms with E-state index in [1.807, 2.05) is 0 Å². The predicted molar refractivity (Wildman–Crippen MR) is 90.4 cm³/mol. The van der Waals surface area contributed by atoms with Gasteiger partial charge >= 0.3 is 5.97 Å². The molecule has 0 aliphatic carbocycles. The minimum atomic E-state index is -0.866. The van der Waals surface area contributed by atoms with Crippen LogP contribution in [0.5, 0.6) is 0 Å². The van der Waals surface area contributed by atoms with E-state index in [4.69, 9.17) is 27.9 Å². The number of H-pyrrole nitrogens is 1. The molecule has 2 N–H and O–H groups in total. The van der Waals surface area contributed by atoms with Crippen molar-refractivity contribution < 1.29 is 14.3 Å². The topological polar surface area (TPSA) is 88.3 Å². The molecule has 0 bridgehead atoms. The van der Waals surface area contributed by atoms with Crippen molar-refractivity contribution in [3.8, 4) is 0 Å². The second-order valence-electron chi connectivity index (χ2n) is 4.95. The number of pyridine rings is 1. The van der Waals surface area contributed by atoms with Crippen molar-refractivity contribution in [2.75, 3.05) is 6.61 Å². The van der Waals surface area contributed by atoms with Gasteiger partial charge in [0.15, 0.2) is 6.61 Å². The number of aromatic nitrogens is 1. The molecule has 0 aliphatic rings. The molecule has 2 rings (SSSR count). The number of carbonyl (C=O) groups is 2. The molecular formula is C16H14Cl2N2O4. The van der Waals surface area contributed by atoms with E-state index in [1.165, 1.54) is 18.3 Å². The van der Waals surface area contributed by atoms with Gasteiger partial charge in [-0.3, -0.25) is 9.59 Å². The molecule has 0 unspecified atom stereocenters. The number of rotatable bonds is 5. The quantitative estimate of drug-likeness (QED) is 0.794. The summed E-state index contributed by atoms with van der Waals surface area (Å²) in [6, 6.07) is 7.45. The lowest BCUT2D eigenvalue weighted by atomic mass is 10.1. The summed E-state index contributed by atoms with van der Waals surface area (Å²) in [6.07, 6.45) is 1.39. The average Bonchev–Trinajstić information content (AvgIpc) is 2.55. The highest BCUT2D eigenvalue weighted by atomic mass is 35.5. The molecule has 1 atom stereocenters. The molecule has 1 aromatic carbocycles. The van der Waals surface area contributed by atoms with E-state index in [2.05, 4.69) is 10.3 Å². The average molecular weight is 369 g/mol. The van der Waals surface area contributed by atoms with Gasteiger partial charge in [-0.15, -0.1) is 0 Å². The summed E-state index contributed by atoms with van der Waals surface area (Å²) in [4.78, 5) is 37.4. The zero-order valence-electron chi connectivity index (χ0n) is 12.6. The Bertz CT molecular complexity index is 820. The van der Waals surface area contributed by atoms with E-state index in [1.54, 1.807) is 25.1 Å². The molecule has 0 saturated carbocycles. The van der Waals surface area contributed by atoms with Gasteiger partial charge < -0.3 is 15.0 Å². The molecule has 0 radical (unpaired) electrons. The monoisotopic (exact) mass is 368 g/mol. The maximum absolute atomic E-state index is 11.9. The zero-order valence-corrected chi connectivity index (χ0v) is 14.1. The maximum Gasteiger partial charge on any atom is 0.344 e. The Labute approximate surface area is 147 Å². The third-order valence-electron chi connectivity index (χ3n) is 3.19. The number of benzene rings is 1. The number of hydrogen-bond acceptors (Lipinski definition) is 4. The Morgan fingerprint density at radius 2 is 2.00 bits per heavy atom. The highest BCUT2D eigenvalue weighted by molar-refractivity contribution is 6.42. The highest BCUT2D eigenvalue weighted by Gasteiger charge is 2.15. The van der Waals surface area contributed by atoms with Crippen LogP contribution in [0.1, 0.15) is 28.9 Å². The van der Waals surface area contributed by atoms with Crippen LogP contribution in [0.4, 0.5) is 0 Å². The SMILES string of the molecule is C[C@@H](NC(=O)COC(=O)c1ccc[nH]c1=O)c1ccc(Cl)c(Cl)c1. The van der Waals surface area contributed by atoms with Crippen LogP contribution in [-0.2, 0) is 9.53 Å². The number of ether oxygens (including phenoxy) is 1. The first-order valence-electron chi connectivity index (χ1n) is 6.97. The van der Waals surface area contributed by atoms with Gasteiger partial charge in [0.2, 0.25) is 0 Å². The number of amides is 1. The third-order valence-corrected chi connectivity index (χ3v) is 3.93. The predicted octanol–water partition coefficient (Wildman–Crippen LogP) is 2.72. The smallest absolute Gasteiger partial charge is 0.344 e. The summed E-state index contributed by atoms with van der Waals surface area (Å²) < 4.78 is 4.83. The van der Waals surface area contributed by atoms with Gasteiger partial charge in [-0.05, 0) is 36.8 Å². The van der Waals surface area contributed by atoms with Crippen LogP contribution in [0, 0.1) is 0 Å².